The molecule has 3 aliphatic rings. The maximum atomic E-state index is 13.5. The van der Waals surface area contributed by atoms with E-state index in [1.54, 1.807) is 12.2 Å². The summed E-state index contributed by atoms with van der Waals surface area (Å²) in [6, 6.07) is 11.6. The van der Waals surface area contributed by atoms with Crippen molar-refractivity contribution in [3.8, 4) is 0 Å². The standard InChI is InChI=1S/C34H38N4O4/c1-9-37-27-13-11-21(35-19(3)39)15-25(27)33(5,6)29(37)17-23-31(41)24(32(23)42)18-30-34(7,8)26-16-22(36-20(4)40)12-14-28(26)38(30)10-2/h11-18H,9-10H2,1-8H3,(H2-,35,36,39,40,41,42). The number of benzene rings is 2. The number of likely N-dealkylation sites (N-methyl/N-ethyl adjacent to an activating group) is 1. The minimum Gasteiger partial charge on any atom is -0.871 e. The first-order valence-corrected chi connectivity index (χ1v) is 14.4. The summed E-state index contributed by atoms with van der Waals surface area (Å²) in [6.07, 6.45) is 3.50. The van der Waals surface area contributed by atoms with Crippen LogP contribution in [0.1, 0.15) is 66.5 Å². The van der Waals surface area contributed by atoms with Crippen molar-refractivity contribution < 1.29 is 24.1 Å². The maximum Gasteiger partial charge on any atom is 0.221 e. The lowest BCUT2D eigenvalue weighted by molar-refractivity contribution is -0.433. The Hall–Kier alpha value is -4.46. The molecular weight excluding hydrogens is 528 g/mol. The normalized spacial score (nSPS) is 20.2. The van der Waals surface area contributed by atoms with E-state index in [0.29, 0.717) is 24.5 Å². The van der Waals surface area contributed by atoms with Crippen molar-refractivity contribution in [1.82, 2.24) is 0 Å². The van der Waals surface area contributed by atoms with Crippen molar-refractivity contribution in [3.05, 3.63) is 82.3 Å². The number of hydrogen-bond acceptors (Lipinski definition) is 5. The Kier molecular flexibility index (Phi) is 7.00. The first-order valence-electron chi connectivity index (χ1n) is 14.4. The highest BCUT2D eigenvalue weighted by atomic mass is 16.3. The predicted molar refractivity (Wildman–Crippen MR) is 164 cm³/mol. The molecule has 218 valence electrons. The number of fused-ring (bicyclic) bond motifs is 2. The Balaban J connectivity index is 1.53. The third-order valence-corrected chi connectivity index (χ3v) is 8.60. The van der Waals surface area contributed by atoms with Gasteiger partial charge in [-0.1, -0.05) is 19.6 Å². The molecule has 8 heteroatoms. The zero-order chi connectivity index (χ0) is 30.7. The number of nitrogens with zero attached hydrogens (tertiary/aromatic N) is 2. The summed E-state index contributed by atoms with van der Waals surface area (Å²) in [5.74, 6) is -0.807. The molecule has 1 aliphatic carbocycles. The summed E-state index contributed by atoms with van der Waals surface area (Å²) in [5.41, 5.74) is 6.60. The van der Waals surface area contributed by atoms with Crippen LogP contribution in [-0.4, -0.2) is 41.0 Å². The third-order valence-electron chi connectivity index (χ3n) is 8.60. The summed E-state index contributed by atoms with van der Waals surface area (Å²) in [5, 5.41) is 19.2. The summed E-state index contributed by atoms with van der Waals surface area (Å²) >= 11 is 0. The molecule has 0 bridgehead atoms. The number of Topliss-reactive ketones (excluding diaryl/α,β-unsaturated/α-hetero) is 1. The molecule has 0 spiro atoms. The molecule has 5 rings (SSSR count). The van der Waals surface area contributed by atoms with Crippen molar-refractivity contribution in [2.45, 2.75) is 66.2 Å². The van der Waals surface area contributed by atoms with Crippen LogP contribution in [0.2, 0.25) is 0 Å². The fraction of sp³-hybridized carbons (Fsp3) is 0.353. The first kappa shape index (κ1) is 29.0. The quantitative estimate of drug-likeness (QED) is 0.385. The van der Waals surface area contributed by atoms with Gasteiger partial charge in [0.25, 0.3) is 0 Å². The number of hydrogen-bond donors (Lipinski definition) is 2. The summed E-state index contributed by atoms with van der Waals surface area (Å²) in [6.45, 7) is 16.6. The highest BCUT2D eigenvalue weighted by Crippen LogP contribution is 2.50. The van der Waals surface area contributed by atoms with Crippen LogP contribution in [0.15, 0.2) is 71.2 Å². The van der Waals surface area contributed by atoms with E-state index in [0.717, 1.165) is 33.9 Å². The van der Waals surface area contributed by atoms with Crippen LogP contribution in [-0.2, 0) is 25.2 Å². The molecule has 2 N–H and O–H groups in total. The summed E-state index contributed by atoms with van der Waals surface area (Å²) in [7, 11) is 0. The molecule has 0 saturated carbocycles. The molecule has 2 aromatic rings. The number of amides is 2. The van der Waals surface area contributed by atoms with Gasteiger partial charge < -0.3 is 20.6 Å². The smallest absolute Gasteiger partial charge is 0.221 e. The number of anilines is 3. The van der Waals surface area contributed by atoms with Crippen LogP contribution < -0.4 is 20.6 Å². The lowest BCUT2D eigenvalue weighted by Crippen LogP contribution is -2.35. The minimum atomic E-state index is -0.485. The molecule has 0 saturated heterocycles. The van der Waals surface area contributed by atoms with E-state index in [-0.39, 0.29) is 34.5 Å². The monoisotopic (exact) mass is 566 g/mol. The van der Waals surface area contributed by atoms with Gasteiger partial charge in [-0.2, -0.15) is 4.58 Å². The second kappa shape index (κ2) is 10.1. The summed E-state index contributed by atoms with van der Waals surface area (Å²) in [4.78, 5) is 38.9. The highest BCUT2D eigenvalue weighted by Gasteiger charge is 2.46. The van der Waals surface area contributed by atoms with E-state index in [9.17, 15) is 19.5 Å². The number of allylic oxidation sites excluding steroid dienone is 5. The SMILES string of the molecule is CCN1/C(=C/C2=C([O-])C(=C\C3=[N+](CC)c4ccc(NC(C)=O)cc4C3(C)C)/C2=O)C(C)(C)c2cc(NC(C)=O)ccc21. The molecule has 0 atom stereocenters. The molecule has 0 fully saturated rings. The van der Waals surface area contributed by atoms with Gasteiger partial charge in [0.15, 0.2) is 11.5 Å². The molecule has 42 heavy (non-hydrogen) atoms. The van der Waals surface area contributed by atoms with E-state index in [4.69, 9.17) is 0 Å². The van der Waals surface area contributed by atoms with Gasteiger partial charge in [0.2, 0.25) is 17.5 Å². The molecule has 2 amide bonds. The van der Waals surface area contributed by atoms with Crippen LogP contribution in [0, 0.1) is 0 Å². The van der Waals surface area contributed by atoms with Crippen molar-refractivity contribution in [2.75, 3.05) is 28.6 Å². The number of carbonyl (C=O) groups is 3. The van der Waals surface area contributed by atoms with E-state index in [2.05, 4.69) is 47.8 Å². The van der Waals surface area contributed by atoms with Gasteiger partial charge in [-0.3, -0.25) is 14.4 Å². The van der Waals surface area contributed by atoms with E-state index in [1.165, 1.54) is 13.8 Å². The Morgan fingerprint density at radius 3 is 2.05 bits per heavy atom. The van der Waals surface area contributed by atoms with Crippen molar-refractivity contribution >= 4 is 46.1 Å². The van der Waals surface area contributed by atoms with Gasteiger partial charge in [0, 0.05) is 77.4 Å². The molecule has 0 aromatic heterocycles. The average Bonchev–Trinajstić information content (AvgIpc) is 3.26. The van der Waals surface area contributed by atoms with Crippen LogP contribution in [0.3, 0.4) is 0 Å². The predicted octanol–water partition coefficient (Wildman–Crippen LogP) is 4.82. The van der Waals surface area contributed by atoms with Gasteiger partial charge >= 0.3 is 0 Å². The van der Waals surface area contributed by atoms with Crippen LogP contribution in [0.4, 0.5) is 22.7 Å². The number of rotatable bonds is 6. The molecular formula is C34H38N4O4. The molecule has 0 unspecified atom stereocenters. The van der Waals surface area contributed by atoms with Gasteiger partial charge in [-0.05, 0) is 69.7 Å². The van der Waals surface area contributed by atoms with Gasteiger partial charge in [0.1, 0.15) is 6.54 Å². The van der Waals surface area contributed by atoms with E-state index >= 15 is 0 Å². The second-order valence-electron chi connectivity index (χ2n) is 12.1. The van der Waals surface area contributed by atoms with Crippen molar-refractivity contribution in [1.29, 1.82) is 0 Å². The zero-order valence-corrected chi connectivity index (χ0v) is 25.6. The topological polar surface area (TPSA) is 105 Å². The zero-order valence-electron chi connectivity index (χ0n) is 25.6. The molecule has 2 aromatic carbocycles. The fourth-order valence-electron chi connectivity index (χ4n) is 6.48. The first-order chi connectivity index (χ1) is 19.7. The average molecular weight is 567 g/mol. The van der Waals surface area contributed by atoms with Gasteiger partial charge in [0.05, 0.1) is 5.41 Å². The molecule has 2 aliphatic heterocycles. The maximum absolute atomic E-state index is 13.5. The van der Waals surface area contributed by atoms with Crippen molar-refractivity contribution in [2.24, 2.45) is 0 Å². The third kappa shape index (κ3) is 4.46. The summed E-state index contributed by atoms with van der Waals surface area (Å²) < 4.78 is 2.12. The molecule has 0 radical (unpaired) electrons. The van der Waals surface area contributed by atoms with E-state index in [1.807, 2.05) is 50.2 Å². The largest absolute Gasteiger partial charge is 0.871 e. The lowest BCUT2D eigenvalue weighted by Gasteiger charge is -2.32. The number of nitrogens with one attached hydrogen (secondary N) is 2. The van der Waals surface area contributed by atoms with Gasteiger partial charge in [-0.25, -0.2) is 0 Å². The molecule has 8 nitrogen and oxygen atoms in total. The number of carbonyl (C=O) groups excluding carboxylic acids is 3. The van der Waals surface area contributed by atoms with Crippen LogP contribution in [0.5, 0.6) is 0 Å². The van der Waals surface area contributed by atoms with Crippen LogP contribution in [0.25, 0.3) is 0 Å². The number of ketones is 1. The van der Waals surface area contributed by atoms with E-state index < -0.39 is 10.8 Å². The van der Waals surface area contributed by atoms with Crippen molar-refractivity contribution in [3.63, 3.8) is 0 Å². The highest BCUT2D eigenvalue weighted by molar-refractivity contribution is 6.24. The Morgan fingerprint density at radius 2 is 1.50 bits per heavy atom. The fourth-order valence-corrected chi connectivity index (χ4v) is 6.48. The Bertz CT molecular complexity index is 1690. The lowest BCUT2D eigenvalue weighted by atomic mass is 9.77. The minimum absolute atomic E-state index is 0.143. The van der Waals surface area contributed by atoms with Crippen LogP contribution >= 0.6 is 0 Å². The molecule has 2 heterocycles. The Morgan fingerprint density at radius 1 is 0.905 bits per heavy atom. The Labute approximate surface area is 247 Å². The second-order valence-corrected chi connectivity index (χ2v) is 12.1. The van der Waals surface area contributed by atoms with Gasteiger partial charge in [-0.15, -0.1) is 0 Å².